The molecule has 0 aliphatic carbocycles. The lowest BCUT2D eigenvalue weighted by Crippen LogP contribution is -2.31. The number of Topliss-reactive ketones (excluding diaryl/α,β-unsaturated/α-hetero) is 1. The van der Waals surface area contributed by atoms with Crippen LogP contribution in [-0.4, -0.2) is 32.6 Å². The SMILES string of the molecule is O=C1Oc2ccccc2C(=O)C1=CN1C(=O)C(=Cc2ccc([N+](=O)[O-])cc2)NC1=S. The van der Waals surface area contributed by atoms with Gasteiger partial charge in [-0.05, 0) is 48.1 Å². The number of rotatable bonds is 3. The molecule has 2 aromatic carbocycles. The molecule has 2 aromatic rings. The van der Waals surface area contributed by atoms with Crippen LogP contribution in [0.3, 0.4) is 0 Å². The summed E-state index contributed by atoms with van der Waals surface area (Å²) in [7, 11) is 0. The van der Waals surface area contributed by atoms with E-state index in [2.05, 4.69) is 5.32 Å². The van der Waals surface area contributed by atoms with Gasteiger partial charge in [0, 0.05) is 18.3 Å². The molecule has 4 rings (SSSR count). The number of carbonyl (C=O) groups excluding carboxylic acids is 3. The van der Waals surface area contributed by atoms with Crippen molar-refractivity contribution >= 4 is 46.8 Å². The van der Waals surface area contributed by atoms with E-state index in [0.29, 0.717) is 5.56 Å². The summed E-state index contributed by atoms with van der Waals surface area (Å²) >= 11 is 5.15. The molecule has 10 heteroatoms. The summed E-state index contributed by atoms with van der Waals surface area (Å²) in [6.45, 7) is 0. The normalized spacial score (nSPS) is 18.5. The average Bonchev–Trinajstić information content (AvgIpc) is 2.98. The maximum atomic E-state index is 12.7. The molecule has 1 N–H and O–H groups in total. The monoisotopic (exact) mass is 421 g/mol. The van der Waals surface area contributed by atoms with Crippen LogP contribution in [0.15, 0.2) is 66.0 Å². The first kappa shape index (κ1) is 19.2. The van der Waals surface area contributed by atoms with Gasteiger partial charge in [0.05, 0.1) is 10.5 Å². The Morgan fingerprint density at radius 2 is 1.77 bits per heavy atom. The number of fused-ring (bicyclic) bond motifs is 1. The number of nitro benzene ring substituents is 1. The maximum absolute atomic E-state index is 12.7. The molecule has 9 nitrogen and oxygen atoms in total. The molecule has 0 aromatic heterocycles. The van der Waals surface area contributed by atoms with Crippen LogP contribution in [-0.2, 0) is 9.59 Å². The highest BCUT2D eigenvalue weighted by Crippen LogP contribution is 2.28. The maximum Gasteiger partial charge on any atom is 0.349 e. The topological polar surface area (TPSA) is 119 Å². The third-order valence-electron chi connectivity index (χ3n) is 4.38. The van der Waals surface area contributed by atoms with E-state index in [1.165, 1.54) is 42.5 Å². The lowest BCUT2D eigenvalue weighted by molar-refractivity contribution is -0.384. The highest BCUT2D eigenvalue weighted by atomic mass is 32.1. The molecule has 0 bridgehead atoms. The molecule has 0 radical (unpaired) electrons. The number of non-ortho nitro benzene ring substituents is 1. The minimum Gasteiger partial charge on any atom is -0.422 e. The number of amides is 1. The van der Waals surface area contributed by atoms with E-state index in [1.54, 1.807) is 12.1 Å². The van der Waals surface area contributed by atoms with Gasteiger partial charge in [-0.1, -0.05) is 12.1 Å². The highest BCUT2D eigenvalue weighted by Gasteiger charge is 2.35. The zero-order valence-corrected chi connectivity index (χ0v) is 15.8. The molecule has 30 heavy (non-hydrogen) atoms. The van der Waals surface area contributed by atoms with Crippen LogP contribution in [0.25, 0.3) is 6.08 Å². The number of esters is 1. The number of hydrogen-bond donors (Lipinski definition) is 1. The van der Waals surface area contributed by atoms with Crippen molar-refractivity contribution in [3.05, 3.63) is 87.2 Å². The molecule has 2 heterocycles. The summed E-state index contributed by atoms with van der Waals surface area (Å²) in [5.41, 5.74) is 0.399. The van der Waals surface area contributed by atoms with Crippen molar-refractivity contribution in [2.75, 3.05) is 0 Å². The molecule has 2 aliphatic heterocycles. The predicted molar refractivity (Wildman–Crippen MR) is 108 cm³/mol. The number of nitrogens with zero attached hydrogens (tertiary/aromatic N) is 2. The van der Waals surface area contributed by atoms with Crippen molar-refractivity contribution in [3.63, 3.8) is 0 Å². The molecular weight excluding hydrogens is 410 g/mol. The van der Waals surface area contributed by atoms with Crippen LogP contribution >= 0.6 is 12.2 Å². The van der Waals surface area contributed by atoms with Gasteiger partial charge in [-0.2, -0.15) is 0 Å². The van der Waals surface area contributed by atoms with Gasteiger partial charge < -0.3 is 10.1 Å². The van der Waals surface area contributed by atoms with E-state index in [-0.39, 0.29) is 33.4 Å². The van der Waals surface area contributed by atoms with Crippen molar-refractivity contribution in [2.24, 2.45) is 0 Å². The third kappa shape index (κ3) is 3.35. The second-order valence-corrected chi connectivity index (χ2v) is 6.66. The van der Waals surface area contributed by atoms with Crippen molar-refractivity contribution in [2.45, 2.75) is 0 Å². The van der Waals surface area contributed by atoms with Gasteiger partial charge in [-0.15, -0.1) is 0 Å². The summed E-state index contributed by atoms with van der Waals surface area (Å²) in [6, 6.07) is 11.8. The Labute approximate surface area is 174 Å². The third-order valence-corrected chi connectivity index (χ3v) is 4.68. The average molecular weight is 421 g/mol. The number of para-hydroxylation sites is 1. The van der Waals surface area contributed by atoms with Crippen LogP contribution in [0.1, 0.15) is 15.9 Å². The highest BCUT2D eigenvalue weighted by molar-refractivity contribution is 7.80. The Balaban J connectivity index is 1.62. The van der Waals surface area contributed by atoms with Crippen LogP contribution in [0, 0.1) is 10.1 Å². The number of nitro groups is 1. The minimum atomic E-state index is -0.887. The molecular formula is C20H11N3O6S. The van der Waals surface area contributed by atoms with Crippen LogP contribution in [0.4, 0.5) is 5.69 Å². The number of ether oxygens (including phenoxy) is 1. The zero-order valence-electron chi connectivity index (χ0n) is 15.0. The van der Waals surface area contributed by atoms with Crippen LogP contribution < -0.4 is 10.1 Å². The number of nitrogens with one attached hydrogen (secondary N) is 1. The van der Waals surface area contributed by atoms with E-state index in [4.69, 9.17) is 17.0 Å². The fourth-order valence-corrected chi connectivity index (χ4v) is 3.15. The minimum absolute atomic E-state index is 0.0277. The predicted octanol–water partition coefficient (Wildman–Crippen LogP) is 2.34. The summed E-state index contributed by atoms with van der Waals surface area (Å²) in [5.74, 6) is -1.91. The first-order valence-corrected chi connectivity index (χ1v) is 8.94. The summed E-state index contributed by atoms with van der Waals surface area (Å²) in [6.07, 6.45) is 2.50. The fourth-order valence-electron chi connectivity index (χ4n) is 2.90. The van der Waals surface area contributed by atoms with E-state index in [9.17, 15) is 24.5 Å². The number of benzene rings is 2. The van der Waals surface area contributed by atoms with Gasteiger partial charge in [0.25, 0.3) is 11.6 Å². The van der Waals surface area contributed by atoms with Crippen molar-refractivity contribution in [3.8, 4) is 5.75 Å². The smallest absolute Gasteiger partial charge is 0.349 e. The summed E-state index contributed by atoms with van der Waals surface area (Å²) < 4.78 is 5.15. The van der Waals surface area contributed by atoms with Crippen molar-refractivity contribution < 1.29 is 24.0 Å². The molecule has 0 atom stereocenters. The molecule has 1 saturated heterocycles. The standard InChI is InChI=1S/C20H11N3O6S/c24-17-13-3-1-2-4-16(13)29-19(26)14(17)10-22-18(25)15(21-20(22)30)9-11-5-7-12(8-6-11)23(27)28/h1-10H,(H,21,30). The largest absolute Gasteiger partial charge is 0.422 e. The Bertz CT molecular complexity index is 1200. The lowest BCUT2D eigenvalue weighted by Gasteiger charge is -2.18. The Morgan fingerprint density at radius 1 is 1.07 bits per heavy atom. The molecule has 0 spiro atoms. The Hall–Kier alpha value is -4.18. The van der Waals surface area contributed by atoms with Crippen molar-refractivity contribution in [1.82, 2.24) is 10.2 Å². The van der Waals surface area contributed by atoms with Gasteiger partial charge in [0.1, 0.15) is 17.0 Å². The Kier molecular flexibility index (Phi) is 4.68. The number of ketones is 1. The summed E-state index contributed by atoms with van der Waals surface area (Å²) in [5, 5.41) is 13.4. The molecule has 1 fully saturated rings. The molecule has 148 valence electrons. The quantitative estimate of drug-likeness (QED) is 0.153. The van der Waals surface area contributed by atoms with E-state index in [1.807, 2.05) is 0 Å². The second-order valence-electron chi connectivity index (χ2n) is 6.27. The van der Waals surface area contributed by atoms with Crippen LogP contribution in [0.5, 0.6) is 5.75 Å². The lowest BCUT2D eigenvalue weighted by atomic mass is 10.0. The zero-order chi connectivity index (χ0) is 21.4. The summed E-state index contributed by atoms with van der Waals surface area (Å²) in [4.78, 5) is 48.8. The molecule has 1 amide bonds. The van der Waals surface area contributed by atoms with E-state index >= 15 is 0 Å². The first-order valence-electron chi connectivity index (χ1n) is 8.53. The first-order chi connectivity index (χ1) is 14.3. The van der Waals surface area contributed by atoms with Gasteiger partial charge in [-0.25, -0.2) is 4.79 Å². The Morgan fingerprint density at radius 3 is 2.47 bits per heavy atom. The van der Waals surface area contributed by atoms with E-state index < -0.39 is 22.6 Å². The number of thiocarbonyl (C=S) groups is 1. The van der Waals surface area contributed by atoms with Gasteiger partial charge in [0.2, 0.25) is 5.78 Å². The second kappa shape index (κ2) is 7.33. The van der Waals surface area contributed by atoms with Gasteiger partial charge >= 0.3 is 5.97 Å². The van der Waals surface area contributed by atoms with Gasteiger partial charge in [-0.3, -0.25) is 24.6 Å². The molecule has 2 aliphatic rings. The van der Waals surface area contributed by atoms with E-state index in [0.717, 1.165) is 11.1 Å². The molecule has 0 unspecified atom stereocenters. The van der Waals surface area contributed by atoms with Gasteiger partial charge in [0.15, 0.2) is 5.11 Å². The number of hydrogen-bond acceptors (Lipinski definition) is 7. The van der Waals surface area contributed by atoms with Crippen LogP contribution in [0.2, 0.25) is 0 Å². The van der Waals surface area contributed by atoms with Crippen molar-refractivity contribution in [1.29, 1.82) is 0 Å². The number of carbonyl (C=O) groups is 3. The molecule has 0 saturated carbocycles. The fraction of sp³-hybridized carbons (Fsp3) is 0.